The molecule has 3 fully saturated rings. The van der Waals surface area contributed by atoms with Gasteiger partial charge in [-0.25, -0.2) is 8.78 Å². The number of ketones is 1. The predicted molar refractivity (Wildman–Crippen MR) is 107 cm³/mol. The fourth-order valence-electron chi connectivity index (χ4n) is 5.12. The number of hydrogen-bond acceptors (Lipinski definition) is 3. The first kappa shape index (κ1) is 23.4. The van der Waals surface area contributed by atoms with Crippen LogP contribution >= 0.6 is 0 Å². The van der Waals surface area contributed by atoms with Crippen molar-refractivity contribution in [3.63, 3.8) is 0 Å². The Labute approximate surface area is 187 Å². The van der Waals surface area contributed by atoms with Crippen LogP contribution in [0.3, 0.4) is 0 Å². The minimum atomic E-state index is -0.888. The molecule has 7 heteroatoms. The van der Waals surface area contributed by atoms with Gasteiger partial charge >= 0.3 is 5.97 Å². The predicted octanol–water partition coefficient (Wildman–Crippen LogP) is 1.05. The lowest BCUT2D eigenvalue weighted by molar-refractivity contribution is -0.938. The third-order valence-electron chi connectivity index (χ3n) is 6.50. The molecule has 0 amide bonds. The molecule has 0 radical (unpaired) electrons. The van der Waals surface area contributed by atoms with Crippen LogP contribution in [0.2, 0.25) is 0 Å². The SMILES string of the molecule is CC(=O)C[N+]12CCC(CC1)C(C(=O)OC(c1cccc(F)c1)c1cccc(F)c1)C2.[Cl-]. The van der Waals surface area contributed by atoms with E-state index >= 15 is 0 Å². The van der Waals surface area contributed by atoms with Gasteiger partial charge in [-0.3, -0.25) is 9.59 Å². The Morgan fingerprint density at radius 3 is 2.06 bits per heavy atom. The van der Waals surface area contributed by atoms with Gasteiger partial charge in [0.15, 0.2) is 11.9 Å². The van der Waals surface area contributed by atoms with E-state index in [9.17, 15) is 18.4 Å². The third-order valence-corrected chi connectivity index (χ3v) is 6.50. The standard InChI is InChI=1S/C24H26F2NO3.ClH/c1-16(28)14-27-10-8-17(9-11-27)22(15-27)24(29)30-23(18-4-2-6-20(25)12-18)19-5-3-7-21(26)13-19;/h2-7,12-13,17,22-23H,8-11,14-15H2,1H3;1H/q+1;/p-1. The summed E-state index contributed by atoms with van der Waals surface area (Å²) < 4.78 is 34.3. The lowest BCUT2D eigenvalue weighted by atomic mass is 9.77. The maximum absolute atomic E-state index is 13.9. The molecule has 3 aliphatic heterocycles. The molecule has 1 atom stereocenters. The summed E-state index contributed by atoms with van der Waals surface area (Å²) in [7, 11) is 0. The van der Waals surface area contributed by atoms with E-state index in [0.717, 1.165) is 25.9 Å². The van der Waals surface area contributed by atoms with Crippen molar-refractivity contribution in [3.8, 4) is 0 Å². The van der Waals surface area contributed by atoms with Crippen molar-refractivity contribution >= 4 is 11.8 Å². The van der Waals surface area contributed by atoms with Crippen LogP contribution in [0.15, 0.2) is 48.5 Å². The van der Waals surface area contributed by atoms with Gasteiger partial charge in [0.25, 0.3) is 0 Å². The topological polar surface area (TPSA) is 43.4 Å². The zero-order valence-corrected chi connectivity index (χ0v) is 18.2. The number of hydrogen-bond donors (Lipinski definition) is 0. The molecule has 0 spiro atoms. The summed E-state index contributed by atoms with van der Waals surface area (Å²) in [6.45, 7) is 4.43. The van der Waals surface area contributed by atoms with Crippen LogP contribution in [0.1, 0.15) is 37.0 Å². The minimum Gasteiger partial charge on any atom is -1.00 e. The number of carbonyl (C=O) groups is 2. The van der Waals surface area contributed by atoms with Crippen molar-refractivity contribution in [2.24, 2.45) is 11.8 Å². The zero-order chi connectivity index (χ0) is 21.3. The number of benzene rings is 2. The molecule has 3 aliphatic rings. The van der Waals surface area contributed by atoms with Crippen LogP contribution < -0.4 is 12.4 Å². The molecule has 0 aliphatic carbocycles. The molecule has 0 N–H and O–H groups in total. The molecule has 2 aromatic carbocycles. The van der Waals surface area contributed by atoms with Crippen molar-refractivity contribution in [1.82, 2.24) is 0 Å². The van der Waals surface area contributed by atoms with Crippen molar-refractivity contribution in [1.29, 1.82) is 0 Å². The van der Waals surface area contributed by atoms with Gasteiger partial charge in [-0.15, -0.1) is 0 Å². The summed E-state index contributed by atoms with van der Waals surface area (Å²) in [5.41, 5.74) is 0.922. The van der Waals surface area contributed by atoms with Gasteiger partial charge in [0.2, 0.25) is 0 Å². The second-order valence-corrected chi connectivity index (χ2v) is 8.70. The molecule has 1 unspecified atom stereocenters. The highest BCUT2D eigenvalue weighted by molar-refractivity contribution is 5.77. The summed E-state index contributed by atoms with van der Waals surface area (Å²) in [6.07, 6.45) is 0.885. The Hall–Kier alpha value is -2.31. The van der Waals surface area contributed by atoms with E-state index < -0.39 is 17.7 Å². The van der Waals surface area contributed by atoms with E-state index in [4.69, 9.17) is 4.74 Å². The Bertz CT molecular complexity index is 914. The number of nitrogens with zero attached hydrogens (tertiary/aromatic N) is 1. The van der Waals surface area contributed by atoms with Crippen molar-refractivity contribution < 1.29 is 40.0 Å². The van der Waals surface area contributed by atoms with E-state index in [2.05, 4.69) is 0 Å². The van der Waals surface area contributed by atoms with E-state index in [-0.39, 0.29) is 36.0 Å². The van der Waals surface area contributed by atoms with Crippen molar-refractivity contribution in [3.05, 3.63) is 71.3 Å². The lowest BCUT2D eigenvalue weighted by Crippen LogP contribution is -3.00. The average Bonchev–Trinajstić information content (AvgIpc) is 2.71. The molecule has 3 saturated heterocycles. The summed E-state index contributed by atoms with van der Waals surface area (Å²) in [6, 6.07) is 11.7. The Morgan fingerprint density at radius 2 is 1.58 bits per heavy atom. The lowest BCUT2D eigenvalue weighted by Gasteiger charge is -2.51. The number of carbonyl (C=O) groups excluding carboxylic acids is 2. The monoisotopic (exact) mass is 449 g/mol. The molecule has 2 aromatic rings. The summed E-state index contributed by atoms with van der Waals surface area (Å²) in [4.78, 5) is 25.0. The normalized spacial score (nSPS) is 24.5. The summed E-state index contributed by atoms with van der Waals surface area (Å²) in [5.74, 6) is -1.21. The van der Waals surface area contributed by atoms with E-state index in [1.807, 2.05) is 0 Å². The minimum absolute atomic E-state index is 0. The molecule has 2 bridgehead atoms. The first-order chi connectivity index (χ1) is 14.3. The van der Waals surface area contributed by atoms with Gasteiger partial charge in [0.05, 0.1) is 19.6 Å². The molecule has 3 heterocycles. The Kier molecular flexibility index (Phi) is 7.12. The van der Waals surface area contributed by atoms with Crippen LogP contribution in [0.25, 0.3) is 0 Å². The van der Waals surface area contributed by atoms with Gasteiger partial charge in [0.1, 0.15) is 24.1 Å². The Morgan fingerprint density at radius 1 is 1.03 bits per heavy atom. The van der Waals surface area contributed by atoms with Crippen LogP contribution in [-0.4, -0.2) is 42.4 Å². The van der Waals surface area contributed by atoms with Gasteiger partial charge in [-0.1, -0.05) is 24.3 Å². The number of fused-ring (bicyclic) bond motifs is 3. The van der Waals surface area contributed by atoms with Crippen LogP contribution in [0, 0.1) is 23.5 Å². The number of esters is 1. The van der Waals surface area contributed by atoms with Crippen LogP contribution in [0.4, 0.5) is 8.78 Å². The number of quaternary nitrogens is 1. The molecule has 4 nitrogen and oxygen atoms in total. The van der Waals surface area contributed by atoms with Gasteiger partial charge in [-0.2, -0.15) is 0 Å². The van der Waals surface area contributed by atoms with E-state index in [1.165, 1.54) is 24.3 Å². The molecule has 5 rings (SSSR count). The fourth-order valence-corrected chi connectivity index (χ4v) is 5.12. The largest absolute Gasteiger partial charge is 1.00 e. The third kappa shape index (κ3) is 5.13. The molecule has 0 aromatic heterocycles. The first-order valence-corrected chi connectivity index (χ1v) is 10.4. The van der Waals surface area contributed by atoms with Crippen LogP contribution in [-0.2, 0) is 14.3 Å². The molecular weight excluding hydrogens is 424 g/mol. The fraction of sp³-hybridized carbons (Fsp3) is 0.417. The molecular formula is C24H26ClF2NO3. The molecule has 31 heavy (non-hydrogen) atoms. The summed E-state index contributed by atoms with van der Waals surface area (Å²) in [5, 5.41) is 0. The van der Waals surface area contributed by atoms with Gasteiger partial charge < -0.3 is 21.6 Å². The number of ether oxygens (including phenoxy) is 1. The highest BCUT2D eigenvalue weighted by atomic mass is 35.5. The number of Topliss-reactive ketones (excluding diaryl/α,β-unsaturated/α-hetero) is 1. The smallest absolute Gasteiger partial charge is 0.315 e. The van der Waals surface area contributed by atoms with E-state index in [0.29, 0.717) is 28.7 Å². The number of piperidine rings is 3. The van der Waals surface area contributed by atoms with Gasteiger partial charge in [-0.05, 0) is 41.3 Å². The maximum Gasteiger partial charge on any atom is 0.315 e. The van der Waals surface area contributed by atoms with Crippen LogP contribution in [0.5, 0.6) is 0 Å². The van der Waals surface area contributed by atoms with Crippen molar-refractivity contribution in [2.75, 3.05) is 26.2 Å². The quantitative estimate of drug-likeness (QED) is 0.489. The Balaban J connectivity index is 0.00000272. The number of halogens is 3. The second kappa shape index (κ2) is 9.45. The molecule has 0 saturated carbocycles. The van der Waals surface area contributed by atoms with Crippen molar-refractivity contribution in [2.45, 2.75) is 25.9 Å². The second-order valence-electron chi connectivity index (χ2n) is 8.70. The summed E-state index contributed by atoms with van der Waals surface area (Å²) >= 11 is 0. The first-order valence-electron chi connectivity index (χ1n) is 10.4. The van der Waals surface area contributed by atoms with Gasteiger partial charge in [0, 0.05) is 19.8 Å². The zero-order valence-electron chi connectivity index (χ0n) is 17.4. The van der Waals surface area contributed by atoms with E-state index in [1.54, 1.807) is 31.2 Å². The highest BCUT2D eigenvalue weighted by Gasteiger charge is 2.50. The average molecular weight is 450 g/mol. The number of rotatable bonds is 6. The highest BCUT2D eigenvalue weighted by Crippen LogP contribution is 2.39. The maximum atomic E-state index is 13.9. The molecule has 166 valence electrons.